The summed E-state index contributed by atoms with van der Waals surface area (Å²) in [6.07, 6.45) is 4.97. The van der Waals surface area contributed by atoms with Crippen molar-refractivity contribution in [1.29, 1.82) is 0 Å². The molecule has 38 heavy (non-hydrogen) atoms. The van der Waals surface area contributed by atoms with Gasteiger partial charge in [0.2, 0.25) is 5.95 Å². The number of ketones is 1. The molecule has 2 aliphatic rings. The molecule has 0 bridgehead atoms. The maximum atomic E-state index is 12.4. The highest BCUT2D eigenvalue weighted by atomic mass is 35.5. The number of likely N-dealkylation sites (tertiary alicyclic amines) is 1. The molecule has 2 aromatic heterocycles. The number of anilines is 1. The second kappa shape index (κ2) is 11.2. The number of carboxylic acids is 1. The topological polar surface area (TPSA) is 104 Å². The summed E-state index contributed by atoms with van der Waals surface area (Å²) in [7, 11) is 0. The maximum Gasteiger partial charge on any atom is 0.303 e. The number of halogens is 2. The van der Waals surface area contributed by atoms with Crippen molar-refractivity contribution in [3.63, 3.8) is 0 Å². The van der Waals surface area contributed by atoms with Crippen LogP contribution in [0.5, 0.6) is 0 Å². The first-order valence-electron chi connectivity index (χ1n) is 13.1. The van der Waals surface area contributed by atoms with Crippen molar-refractivity contribution in [3.05, 3.63) is 45.7 Å². The van der Waals surface area contributed by atoms with E-state index in [1.165, 1.54) is 13.3 Å². The van der Waals surface area contributed by atoms with Gasteiger partial charge in [0.1, 0.15) is 5.69 Å². The molecule has 4 heterocycles. The Hall–Kier alpha value is -2.75. The summed E-state index contributed by atoms with van der Waals surface area (Å²) in [6.45, 7) is 8.14. The van der Waals surface area contributed by atoms with Crippen molar-refractivity contribution in [1.82, 2.24) is 24.6 Å². The van der Waals surface area contributed by atoms with E-state index >= 15 is 0 Å². The molecule has 0 radical (unpaired) electrons. The van der Waals surface area contributed by atoms with Crippen LogP contribution in [-0.2, 0) is 4.79 Å². The van der Waals surface area contributed by atoms with Crippen LogP contribution in [0.25, 0.3) is 11.0 Å². The lowest BCUT2D eigenvalue weighted by atomic mass is 9.80. The first-order chi connectivity index (χ1) is 18.2. The Labute approximate surface area is 231 Å². The molecule has 3 aromatic rings. The first-order valence-corrected chi connectivity index (χ1v) is 13.9. The minimum absolute atomic E-state index is 0.145. The average molecular weight is 559 g/mol. The molecule has 0 saturated carbocycles. The third-order valence-corrected chi connectivity index (χ3v) is 8.38. The summed E-state index contributed by atoms with van der Waals surface area (Å²) >= 11 is 12.6. The van der Waals surface area contributed by atoms with Crippen molar-refractivity contribution < 1.29 is 14.7 Å². The lowest BCUT2D eigenvalue weighted by Gasteiger charge is -2.46. The van der Waals surface area contributed by atoms with E-state index < -0.39 is 5.97 Å². The Morgan fingerprint density at radius 2 is 1.97 bits per heavy atom. The fourth-order valence-electron chi connectivity index (χ4n) is 5.68. The van der Waals surface area contributed by atoms with Gasteiger partial charge in [0.15, 0.2) is 11.4 Å². The summed E-state index contributed by atoms with van der Waals surface area (Å²) in [4.78, 5) is 37.3. The predicted molar refractivity (Wildman–Crippen MR) is 147 cm³/mol. The van der Waals surface area contributed by atoms with Crippen LogP contribution in [0, 0.1) is 11.8 Å². The van der Waals surface area contributed by atoms with E-state index in [4.69, 9.17) is 33.3 Å². The van der Waals surface area contributed by atoms with Crippen molar-refractivity contribution in [2.45, 2.75) is 45.6 Å². The Morgan fingerprint density at radius 1 is 1.18 bits per heavy atom. The molecule has 0 aliphatic carbocycles. The van der Waals surface area contributed by atoms with Crippen molar-refractivity contribution in [2.75, 3.05) is 37.6 Å². The zero-order chi connectivity index (χ0) is 27.0. The van der Waals surface area contributed by atoms with E-state index in [1.54, 1.807) is 23.0 Å². The van der Waals surface area contributed by atoms with Gasteiger partial charge in [-0.05, 0) is 68.8 Å². The molecule has 0 unspecified atom stereocenters. The monoisotopic (exact) mass is 558 g/mol. The number of aromatic nitrogens is 4. The summed E-state index contributed by atoms with van der Waals surface area (Å²) in [5.74, 6) is 0.909. The molecular formula is C27H32Cl2N6O3. The zero-order valence-electron chi connectivity index (χ0n) is 21.6. The van der Waals surface area contributed by atoms with Gasteiger partial charge in [-0.15, -0.1) is 0 Å². The number of carbonyl (C=O) groups is 2. The first kappa shape index (κ1) is 26.8. The van der Waals surface area contributed by atoms with Crippen LogP contribution in [-0.4, -0.2) is 74.2 Å². The second-order valence-electron chi connectivity index (χ2n) is 10.5. The maximum absolute atomic E-state index is 12.4. The number of carboxylic acid groups (broad SMARTS) is 1. The Morgan fingerprint density at radius 3 is 2.68 bits per heavy atom. The zero-order valence-corrected chi connectivity index (χ0v) is 23.1. The molecule has 2 fully saturated rings. The molecule has 0 amide bonds. The van der Waals surface area contributed by atoms with Gasteiger partial charge in [0.05, 0.1) is 11.4 Å². The van der Waals surface area contributed by atoms with E-state index in [-0.39, 0.29) is 18.2 Å². The fourth-order valence-corrected chi connectivity index (χ4v) is 6.24. The van der Waals surface area contributed by atoms with Crippen molar-refractivity contribution in [2.24, 2.45) is 11.8 Å². The van der Waals surface area contributed by atoms with Crippen molar-refractivity contribution in [3.8, 4) is 0 Å². The number of hydrogen-bond donors (Lipinski definition) is 1. The van der Waals surface area contributed by atoms with Gasteiger partial charge in [-0.25, -0.2) is 9.67 Å². The minimum Gasteiger partial charge on any atom is -0.481 e. The standard InChI is InChI=1S/C27H32Cl2N6O3/c1-16(21-8-7-20(28)11-23(21)29)35-26-22(25(32-35)17(2)36)12-30-27(31-26)34-14-19(15-34)18-5-3-9-33(13-18)10-4-6-24(37)38/h7-8,11-12,16,18-19H,3-6,9-10,13-15H2,1-2H3,(H,37,38)/t16-,18-/m1/s1. The number of Topliss-reactive ketones (excluding diaryl/α,β-unsaturated/α-hetero) is 1. The van der Waals surface area contributed by atoms with Gasteiger partial charge in [0.25, 0.3) is 0 Å². The third kappa shape index (κ3) is 5.51. The number of rotatable bonds is 9. The Kier molecular flexibility index (Phi) is 7.88. The molecular weight excluding hydrogens is 527 g/mol. The van der Waals surface area contributed by atoms with Crippen LogP contribution < -0.4 is 4.90 Å². The van der Waals surface area contributed by atoms with Gasteiger partial charge < -0.3 is 14.9 Å². The molecule has 5 rings (SSSR count). The smallest absolute Gasteiger partial charge is 0.303 e. The largest absolute Gasteiger partial charge is 0.481 e. The highest BCUT2D eigenvalue weighted by molar-refractivity contribution is 6.35. The molecule has 2 atom stereocenters. The Balaban J connectivity index is 1.32. The molecule has 1 N–H and O–H groups in total. The Bertz CT molecular complexity index is 1360. The second-order valence-corrected chi connectivity index (χ2v) is 11.3. The number of nitrogens with zero attached hydrogens (tertiary/aromatic N) is 6. The van der Waals surface area contributed by atoms with Crippen LogP contribution >= 0.6 is 23.2 Å². The number of piperidine rings is 1. The average Bonchev–Trinajstić information content (AvgIpc) is 3.22. The minimum atomic E-state index is -0.729. The van der Waals surface area contributed by atoms with Gasteiger partial charge in [-0.3, -0.25) is 9.59 Å². The van der Waals surface area contributed by atoms with Crippen LogP contribution in [0.4, 0.5) is 5.95 Å². The molecule has 2 aliphatic heterocycles. The lowest BCUT2D eigenvalue weighted by Crippen LogP contribution is -2.54. The van der Waals surface area contributed by atoms with Crippen LogP contribution in [0.3, 0.4) is 0 Å². The van der Waals surface area contributed by atoms with Crippen LogP contribution in [0.2, 0.25) is 10.0 Å². The molecule has 9 nitrogen and oxygen atoms in total. The SMILES string of the molecule is CC(=O)c1nn([C@H](C)c2ccc(Cl)cc2Cl)c2nc(N3CC([C@@H]4CCCN(CCCC(=O)O)C4)C3)ncc12. The van der Waals surface area contributed by atoms with E-state index in [1.807, 2.05) is 13.0 Å². The number of fused-ring (bicyclic) bond motifs is 1. The summed E-state index contributed by atoms with van der Waals surface area (Å²) in [6, 6.07) is 5.09. The summed E-state index contributed by atoms with van der Waals surface area (Å²) in [5.41, 5.74) is 1.78. The fraction of sp³-hybridized carbons (Fsp3) is 0.519. The lowest BCUT2D eigenvalue weighted by molar-refractivity contribution is -0.137. The molecule has 0 spiro atoms. The van der Waals surface area contributed by atoms with Gasteiger partial charge in [-0.1, -0.05) is 29.3 Å². The van der Waals surface area contributed by atoms with Gasteiger partial charge in [0, 0.05) is 49.2 Å². The van der Waals surface area contributed by atoms with E-state index in [0.717, 1.165) is 44.7 Å². The molecule has 1 aromatic carbocycles. The quantitative estimate of drug-likeness (QED) is 0.367. The number of aliphatic carboxylic acids is 1. The molecule has 202 valence electrons. The highest BCUT2D eigenvalue weighted by Gasteiger charge is 2.37. The highest BCUT2D eigenvalue weighted by Crippen LogP contribution is 2.35. The normalized spacial score (nSPS) is 19.5. The third-order valence-electron chi connectivity index (χ3n) is 7.81. The number of benzene rings is 1. The summed E-state index contributed by atoms with van der Waals surface area (Å²) in [5, 5.41) is 15.2. The summed E-state index contributed by atoms with van der Waals surface area (Å²) < 4.78 is 1.75. The molecule has 2 saturated heterocycles. The van der Waals surface area contributed by atoms with E-state index in [0.29, 0.717) is 51.0 Å². The van der Waals surface area contributed by atoms with Gasteiger partial charge in [-0.2, -0.15) is 10.1 Å². The van der Waals surface area contributed by atoms with Crippen LogP contribution in [0.1, 0.15) is 61.6 Å². The molecule has 11 heteroatoms. The number of carbonyl (C=O) groups excluding carboxylic acids is 1. The van der Waals surface area contributed by atoms with E-state index in [2.05, 4.69) is 19.9 Å². The van der Waals surface area contributed by atoms with E-state index in [9.17, 15) is 9.59 Å². The number of hydrogen-bond acceptors (Lipinski definition) is 7. The van der Waals surface area contributed by atoms with Crippen molar-refractivity contribution >= 4 is 51.9 Å². The van der Waals surface area contributed by atoms with Gasteiger partial charge >= 0.3 is 5.97 Å². The predicted octanol–water partition coefficient (Wildman–Crippen LogP) is 4.96. The van der Waals surface area contributed by atoms with Crippen LogP contribution in [0.15, 0.2) is 24.4 Å².